The summed E-state index contributed by atoms with van der Waals surface area (Å²) in [5, 5.41) is 0.181. The van der Waals surface area contributed by atoms with Crippen LogP contribution in [0.3, 0.4) is 0 Å². The molecule has 0 unspecified atom stereocenters. The van der Waals surface area contributed by atoms with Gasteiger partial charge < -0.3 is 15.4 Å². The summed E-state index contributed by atoms with van der Waals surface area (Å²) in [5.41, 5.74) is 5.38. The molecule has 0 spiro atoms. The fourth-order valence-electron chi connectivity index (χ4n) is 1.21. The summed E-state index contributed by atoms with van der Waals surface area (Å²) in [7, 11) is 1.51. The fourth-order valence-corrected chi connectivity index (χ4v) is 2.04. The molecule has 2 N–H and O–H groups in total. The minimum atomic E-state index is -4.54. The van der Waals surface area contributed by atoms with Crippen molar-refractivity contribution in [2.24, 2.45) is 5.73 Å². The Labute approximate surface area is 117 Å². The molecule has 1 rings (SSSR count). The van der Waals surface area contributed by atoms with E-state index in [0.717, 1.165) is 0 Å². The fraction of sp³-hybridized carbons (Fsp3) is 0.667. The molecule has 0 aromatic carbocycles. The van der Waals surface area contributed by atoms with E-state index in [1.807, 2.05) is 0 Å². The Balaban J connectivity index is 2.78. The van der Waals surface area contributed by atoms with Gasteiger partial charge in [-0.2, -0.15) is 22.5 Å². The standard InChI is InChI=1S/C9H13F3N4OS2/c1-17-5-4-16(3-2-6(13)18)8-14-7(15-19-8)9(10,11)12/h2-5H2,1H3,(H2,13,18). The van der Waals surface area contributed by atoms with E-state index in [1.165, 1.54) is 7.11 Å². The van der Waals surface area contributed by atoms with Gasteiger partial charge in [0.2, 0.25) is 11.0 Å². The first-order valence-electron chi connectivity index (χ1n) is 5.27. The molecule has 0 aliphatic heterocycles. The lowest BCUT2D eigenvalue weighted by Gasteiger charge is -2.20. The maximum Gasteiger partial charge on any atom is 0.452 e. The average Bonchev–Trinajstić information content (AvgIpc) is 2.78. The van der Waals surface area contributed by atoms with E-state index < -0.39 is 12.0 Å². The second-order valence-corrected chi connectivity index (χ2v) is 4.85. The molecule has 10 heteroatoms. The van der Waals surface area contributed by atoms with Crippen LogP contribution in [0.1, 0.15) is 12.2 Å². The van der Waals surface area contributed by atoms with Crippen LogP contribution in [0.15, 0.2) is 0 Å². The van der Waals surface area contributed by atoms with Crippen molar-refractivity contribution in [1.29, 1.82) is 0 Å². The van der Waals surface area contributed by atoms with Gasteiger partial charge in [-0.25, -0.2) is 0 Å². The Hall–Kier alpha value is -1.00. The van der Waals surface area contributed by atoms with Crippen LogP contribution in [0.2, 0.25) is 0 Å². The van der Waals surface area contributed by atoms with Crippen LogP contribution in [0, 0.1) is 0 Å². The third-order valence-electron chi connectivity index (χ3n) is 2.13. The predicted molar refractivity (Wildman–Crippen MR) is 70.4 cm³/mol. The van der Waals surface area contributed by atoms with E-state index in [0.29, 0.717) is 42.6 Å². The van der Waals surface area contributed by atoms with Gasteiger partial charge in [0.15, 0.2) is 0 Å². The lowest BCUT2D eigenvalue weighted by molar-refractivity contribution is -0.144. The molecule has 0 saturated carbocycles. The van der Waals surface area contributed by atoms with E-state index in [1.54, 1.807) is 4.90 Å². The Kier molecular flexibility index (Phi) is 5.88. The number of aromatic nitrogens is 2. The molecule has 0 saturated heterocycles. The summed E-state index contributed by atoms with van der Waals surface area (Å²) < 4.78 is 45.5. The minimum absolute atomic E-state index is 0.181. The third kappa shape index (κ3) is 5.25. The SMILES string of the molecule is COCCN(CCC(N)=S)c1nc(C(F)(F)F)ns1. The molecule has 0 fully saturated rings. The first kappa shape index (κ1) is 16.1. The molecular formula is C9H13F3N4OS2. The molecule has 0 bridgehead atoms. The van der Waals surface area contributed by atoms with Crippen molar-refractivity contribution in [2.75, 3.05) is 31.7 Å². The number of rotatable bonds is 7. The maximum absolute atomic E-state index is 12.4. The van der Waals surface area contributed by atoms with Gasteiger partial charge in [0.05, 0.1) is 11.6 Å². The molecule has 5 nitrogen and oxygen atoms in total. The van der Waals surface area contributed by atoms with E-state index in [2.05, 4.69) is 9.36 Å². The normalized spacial score (nSPS) is 11.6. The number of nitrogens with two attached hydrogens (primary N) is 1. The van der Waals surface area contributed by atoms with Crippen molar-refractivity contribution >= 4 is 33.9 Å². The molecule has 0 atom stereocenters. The van der Waals surface area contributed by atoms with Gasteiger partial charge in [-0.05, 0) is 0 Å². The van der Waals surface area contributed by atoms with Crippen LogP contribution in [-0.4, -0.2) is 41.2 Å². The zero-order valence-electron chi connectivity index (χ0n) is 10.1. The lowest BCUT2D eigenvalue weighted by Crippen LogP contribution is -2.30. The van der Waals surface area contributed by atoms with E-state index in [-0.39, 0.29) is 5.13 Å². The van der Waals surface area contributed by atoms with Gasteiger partial charge in [0.25, 0.3) is 0 Å². The van der Waals surface area contributed by atoms with Gasteiger partial charge in [-0.3, -0.25) is 0 Å². The summed E-state index contributed by atoms with van der Waals surface area (Å²) in [6, 6.07) is 0. The van der Waals surface area contributed by atoms with Crippen molar-refractivity contribution in [3.8, 4) is 0 Å². The van der Waals surface area contributed by atoms with Crippen LogP contribution in [-0.2, 0) is 10.9 Å². The molecule has 19 heavy (non-hydrogen) atoms. The van der Waals surface area contributed by atoms with Crippen LogP contribution < -0.4 is 10.6 Å². The van der Waals surface area contributed by atoms with Gasteiger partial charge in [0.1, 0.15) is 0 Å². The smallest absolute Gasteiger partial charge is 0.393 e. The summed E-state index contributed by atoms with van der Waals surface area (Å²) in [5.74, 6) is -1.13. The van der Waals surface area contributed by atoms with Crippen LogP contribution in [0.5, 0.6) is 0 Å². The second kappa shape index (κ2) is 6.96. The van der Waals surface area contributed by atoms with Crippen molar-refractivity contribution < 1.29 is 17.9 Å². The largest absolute Gasteiger partial charge is 0.452 e. The van der Waals surface area contributed by atoms with Crippen molar-refractivity contribution in [1.82, 2.24) is 9.36 Å². The highest BCUT2D eigenvalue weighted by Gasteiger charge is 2.36. The zero-order valence-corrected chi connectivity index (χ0v) is 11.7. The number of halogens is 3. The highest BCUT2D eigenvalue weighted by molar-refractivity contribution is 7.80. The average molecular weight is 314 g/mol. The number of methoxy groups -OCH3 is 1. The molecule has 0 radical (unpaired) electrons. The number of thiocarbonyl (C=S) groups is 1. The van der Waals surface area contributed by atoms with E-state index in [9.17, 15) is 13.2 Å². The Morgan fingerprint density at radius 2 is 2.16 bits per heavy atom. The first-order chi connectivity index (χ1) is 8.84. The summed E-state index contributed by atoms with van der Waals surface area (Å²) in [6.07, 6.45) is -4.15. The van der Waals surface area contributed by atoms with Gasteiger partial charge in [-0.1, -0.05) is 12.2 Å². The van der Waals surface area contributed by atoms with E-state index >= 15 is 0 Å². The molecular weight excluding hydrogens is 301 g/mol. The number of nitrogens with zero attached hydrogens (tertiary/aromatic N) is 3. The molecule has 1 heterocycles. The molecule has 0 aliphatic carbocycles. The monoisotopic (exact) mass is 314 g/mol. The van der Waals surface area contributed by atoms with E-state index in [4.69, 9.17) is 22.7 Å². The number of hydrogen-bond acceptors (Lipinski definition) is 6. The van der Waals surface area contributed by atoms with Crippen LogP contribution in [0.25, 0.3) is 0 Å². The van der Waals surface area contributed by atoms with Crippen molar-refractivity contribution in [2.45, 2.75) is 12.6 Å². The molecule has 0 aliphatic rings. The topological polar surface area (TPSA) is 64.3 Å². The highest BCUT2D eigenvalue weighted by Crippen LogP contribution is 2.30. The molecule has 1 aromatic heterocycles. The predicted octanol–water partition coefficient (Wildman–Crippen LogP) is 1.69. The van der Waals surface area contributed by atoms with Gasteiger partial charge in [-0.15, -0.1) is 0 Å². The van der Waals surface area contributed by atoms with Gasteiger partial charge >= 0.3 is 6.18 Å². The van der Waals surface area contributed by atoms with Gasteiger partial charge in [0, 0.05) is 38.2 Å². The second-order valence-electron chi connectivity index (χ2n) is 3.59. The summed E-state index contributed by atoms with van der Waals surface area (Å²) in [6.45, 7) is 1.13. The summed E-state index contributed by atoms with van der Waals surface area (Å²) >= 11 is 5.44. The maximum atomic E-state index is 12.4. The zero-order chi connectivity index (χ0) is 14.5. The quantitative estimate of drug-likeness (QED) is 0.773. The molecule has 1 aromatic rings. The lowest BCUT2D eigenvalue weighted by atomic mass is 10.4. The number of ether oxygens (including phenoxy) is 1. The Bertz CT molecular complexity index is 424. The molecule has 108 valence electrons. The van der Waals surface area contributed by atoms with Crippen molar-refractivity contribution in [3.63, 3.8) is 0 Å². The third-order valence-corrected chi connectivity index (χ3v) is 3.11. The first-order valence-corrected chi connectivity index (χ1v) is 6.46. The summed E-state index contributed by atoms with van der Waals surface area (Å²) in [4.78, 5) is 5.40. The number of alkyl halides is 3. The van der Waals surface area contributed by atoms with Crippen LogP contribution in [0.4, 0.5) is 18.3 Å². The van der Waals surface area contributed by atoms with Crippen molar-refractivity contribution in [3.05, 3.63) is 5.82 Å². The number of hydrogen-bond donors (Lipinski definition) is 1. The Morgan fingerprint density at radius 3 is 2.63 bits per heavy atom. The number of anilines is 1. The highest BCUT2D eigenvalue weighted by atomic mass is 32.1. The minimum Gasteiger partial charge on any atom is -0.393 e. The van der Waals surface area contributed by atoms with Crippen LogP contribution >= 0.6 is 23.8 Å². The Morgan fingerprint density at radius 1 is 1.47 bits per heavy atom. The molecule has 0 amide bonds.